The van der Waals surface area contributed by atoms with E-state index in [0.717, 1.165) is 77.3 Å². The number of hydrogen-bond donors (Lipinski definition) is 3. The van der Waals surface area contributed by atoms with Crippen molar-refractivity contribution < 1.29 is 14.6 Å². The molecule has 0 saturated carbocycles. The summed E-state index contributed by atoms with van der Waals surface area (Å²) in [6.07, 6.45) is 4.37. The van der Waals surface area contributed by atoms with Gasteiger partial charge in [-0.2, -0.15) is 0 Å². The number of nitrogens with one attached hydrogen (secondary N) is 2. The van der Waals surface area contributed by atoms with Crippen LogP contribution in [0.25, 0.3) is 0 Å². The molecule has 2 aliphatic rings. The minimum atomic E-state index is -0.472. The normalized spacial score (nSPS) is 21.7. The van der Waals surface area contributed by atoms with E-state index in [1.54, 1.807) is 4.90 Å². The molecule has 2 fully saturated rings. The quantitative estimate of drug-likeness (QED) is 0.208. The summed E-state index contributed by atoms with van der Waals surface area (Å²) in [4.78, 5) is 21.3. The molecule has 0 aliphatic carbocycles. The smallest absolute Gasteiger partial charge is 0.410 e. The number of carbonyl (C=O) groups is 1. The van der Waals surface area contributed by atoms with Crippen molar-refractivity contribution >= 4 is 36.0 Å². The highest BCUT2D eigenvalue weighted by Gasteiger charge is 2.28. The van der Waals surface area contributed by atoms with Crippen LogP contribution >= 0.6 is 24.0 Å². The molecule has 2 aliphatic heterocycles. The Morgan fingerprint density at radius 3 is 2.53 bits per heavy atom. The van der Waals surface area contributed by atoms with Gasteiger partial charge in [0.05, 0.1) is 6.10 Å². The molecule has 3 N–H and O–H groups in total. The van der Waals surface area contributed by atoms with Crippen LogP contribution < -0.4 is 10.6 Å². The first-order chi connectivity index (χ1) is 13.8. The Kier molecular flexibility index (Phi) is 12.3. The van der Waals surface area contributed by atoms with Gasteiger partial charge in [-0.05, 0) is 66.3 Å². The minimum Gasteiger partial charge on any atom is -0.444 e. The number of aliphatic hydroxyl groups excluding tert-OH is 1. The largest absolute Gasteiger partial charge is 0.444 e. The highest BCUT2D eigenvalue weighted by molar-refractivity contribution is 14.0. The van der Waals surface area contributed by atoms with Crippen LogP contribution in [0.3, 0.4) is 0 Å². The molecule has 0 bridgehead atoms. The lowest BCUT2D eigenvalue weighted by Gasteiger charge is -2.35. The molecule has 0 radical (unpaired) electrons. The molecule has 176 valence electrons. The van der Waals surface area contributed by atoms with Gasteiger partial charge in [-0.3, -0.25) is 4.99 Å². The molecule has 1 unspecified atom stereocenters. The zero-order valence-electron chi connectivity index (χ0n) is 19.2. The molecular weight excluding hydrogens is 497 g/mol. The first-order valence-corrected chi connectivity index (χ1v) is 11.2. The number of amides is 1. The predicted octanol–water partition coefficient (Wildman–Crippen LogP) is 2.41. The Labute approximate surface area is 199 Å². The first kappa shape index (κ1) is 27.2. The predicted molar refractivity (Wildman–Crippen MR) is 132 cm³/mol. The minimum absolute atomic E-state index is 0. The third-order valence-corrected chi connectivity index (χ3v) is 5.22. The van der Waals surface area contributed by atoms with E-state index in [9.17, 15) is 9.90 Å². The number of halogens is 1. The number of hydrogen-bond acceptors (Lipinski definition) is 5. The Bertz CT molecular complexity index is 533. The maximum atomic E-state index is 12.4. The number of aliphatic imine (C=N–C) groups is 1. The van der Waals surface area contributed by atoms with E-state index in [0.29, 0.717) is 6.54 Å². The SMILES string of the molecule is CCNC(=NCCCN1CCC(O)CC1)NC1CCCN(C(=O)OC(C)(C)C)C1.I. The average molecular weight is 540 g/mol. The Morgan fingerprint density at radius 1 is 1.20 bits per heavy atom. The monoisotopic (exact) mass is 539 g/mol. The van der Waals surface area contributed by atoms with E-state index >= 15 is 0 Å². The van der Waals surface area contributed by atoms with Crippen LogP contribution in [0.4, 0.5) is 4.79 Å². The standard InChI is InChI=1S/C21H41N5O3.HI/c1-5-22-19(23-11-7-12-25-14-9-18(27)10-15-25)24-17-8-6-13-26(16-17)20(28)29-21(2,3)4;/h17-18,27H,5-16H2,1-4H3,(H2,22,23,24);1H. The number of guanidine groups is 1. The number of rotatable bonds is 6. The second-order valence-corrected chi connectivity index (χ2v) is 9.10. The van der Waals surface area contributed by atoms with Crippen LogP contribution in [0, 0.1) is 0 Å². The summed E-state index contributed by atoms with van der Waals surface area (Å²) in [5.41, 5.74) is -0.472. The molecule has 1 amide bonds. The third kappa shape index (κ3) is 10.5. The number of ether oxygens (including phenoxy) is 1. The Balaban J connectivity index is 0.00000450. The van der Waals surface area contributed by atoms with Crippen LogP contribution in [0.1, 0.15) is 59.8 Å². The fraction of sp³-hybridized carbons (Fsp3) is 0.905. The van der Waals surface area contributed by atoms with Gasteiger partial charge in [-0.1, -0.05) is 0 Å². The van der Waals surface area contributed by atoms with Crippen LogP contribution in [-0.2, 0) is 4.74 Å². The van der Waals surface area contributed by atoms with Crippen molar-refractivity contribution in [1.82, 2.24) is 20.4 Å². The van der Waals surface area contributed by atoms with Gasteiger partial charge in [0.1, 0.15) is 5.60 Å². The summed E-state index contributed by atoms with van der Waals surface area (Å²) in [7, 11) is 0. The van der Waals surface area contributed by atoms with Gasteiger partial charge in [-0.15, -0.1) is 24.0 Å². The molecule has 2 heterocycles. The highest BCUT2D eigenvalue weighted by atomic mass is 127. The van der Waals surface area contributed by atoms with E-state index in [-0.39, 0.29) is 42.2 Å². The van der Waals surface area contributed by atoms with Crippen LogP contribution in [0.2, 0.25) is 0 Å². The Hall–Kier alpha value is -0.810. The van der Waals surface area contributed by atoms with Crippen molar-refractivity contribution in [2.45, 2.75) is 77.5 Å². The zero-order chi connectivity index (χ0) is 21.3. The second kappa shape index (κ2) is 13.6. The molecule has 9 heteroatoms. The highest BCUT2D eigenvalue weighted by Crippen LogP contribution is 2.15. The summed E-state index contributed by atoms with van der Waals surface area (Å²) in [5.74, 6) is 0.817. The van der Waals surface area contributed by atoms with Gasteiger partial charge in [-0.25, -0.2) is 4.79 Å². The van der Waals surface area contributed by atoms with E-state index < -0.39 is 5.60 Å². The molecule has 30 heavy (non-hydrogen) atoms. The van der Waals surface area contributed by atoms with Gasteiger partial charge >= 0.3 is 6.09 Å². The lowest BCUT2D eigenvalue weighted by atomic mass is 10.1. The molecule has 0 spiro atoms. The fourth-order valence-electron chi connectivity index (χ4n) is 3.73. The van der Waals surface area contributed by atoms with Crippen molar-refractivity contribution in [1.29, 1.82) is 0 Å². The molecule has 8 nitrogen and oxygen atoms in total. The van der Waals surface area contributed by atoms with Crippen LogP contribution in [0.15, 0.2) is 4.99 Å². The summed E-state index contributed by atoms with van der Waals surface area (Å²) in [6, 6.07) is 0.178. The molecule has 2 rings (SSSR count). The van der Waals surface area contributed by atoms with Gasteiger partial charge in [0.25, 0.3) is 0 Å². The second-order valence-electron chi connectivity index (χ2n) is 9.10. The molecule has 0 aromatic heterocycles. The number of nitrogens with zero attached hydrogens (tertiary/aromatic N) is 3. The van der Waals surface area contributed by atoms with Crippen molar-refractivity contribution in [2.75, 3.05) is 45.8 Å². The fourth-order valence-corrected chi connectivity index (χ4v) is 3.73. The zero-order valence-corrected chi connectivity index (χ0v) is 21.5. The number of piperidine rings is 2. The summed E-state index contributed by atoms with van der Waals surface area (Å²) >= 11 is 0. The van der Waals surface area contributed by atoms with Gasteiger partial charge in [0.2, 0.25) is 0 Å². The van der Waals surface area contributed by atoms with Crippen molar-refractivity contribution in [3.05, 3.63) is 0 Å². The van der Waals surface area contributed by atoms with Crippen LogP contribution in [0.5, 0.6) is 0 Å². The lowest BCUT2D eigenvalue weighted by molar-refractivity contribution is 0.0193. The molecule has 0 aromatic carbocycles. The number of carbonyl (C=O) groups excluding carboxylic acids is 1. The summed E-state index contributed by atoms with van der Waals surface area (Å²) in [6.45, 7) is 13.7. The van der Waals surface area contributed by atoms with Crippen molar-refractivity contribution in [3.8, 4) is 0 Å². The average Bonchev–Trinajstić information content (AvgIpc) is 2.65. The van der Waals surface area contributed by atoms with E-state index in [1.165, 1.54) is 0 Å². The maximum Gasteiger partial charge on any atom is 0.410 e. The van der Waals surface area contributed by atoms with Crippen LogP contribution in [-0.4, -0.2) is 90.5 Å². The molecule has 1 atom stereocenters. The van der Waals surface area contributed by atoms with E-state index in [4.69, 9.17) is 9.73 Å². The first-order valence-electron chi connectivity index (χ1n) is 11.2. The molecule has 2 saturated heterocycles. The van der Waals surface area contributed by atoms with Crippen molar-refractivity contribution in [2.24, 2.45) is 4.99 Å². The summed E-state index contributed by atoms with van der Waals surface area (Å²) < 4.78 is 5.51. The van der Waals surface area contributed by atoms with Gasteiger partial charge in [0, 0.05) is 45.3 Å². The topological polar surface area (TPSA) is 89.4 Å². The van der Waals surface area contributed by atoms with Gasteiger partial charge < -0.3 is 30.3 Å². The lowest BCUT2D eigenvalue weighted by Crippen LogP contribution is -2.53. The van der Waals surface area contributed by atoms with E-state index in [2.05, 4.69) is 22.5 Å². The van der Waals surface area contributed by atoms with E-state index in [1.807, 2.05) is 20.8 Å². The summed E-state index contributed by atoms with van der Waals surface area (Å²) in [5, 5.41) is 16.4. The molecular formula is C21H42IN5O3. The van der Waals surface area contributed by atoms with Gasteiger partial charge in [0.15, 0.2) is 5.96 Å². The maximum absolute atomic E-state index is 12.4. The van der Waals surface area contributed by atoms with Crippen molar-refractivity contribution in [3.63, 3.8) is 0 Å². The third-order valence-electron chi connectivity index (χ3n) is 5.22. The Morgan fingerprint density at radius 2 is 1.90 bits per heavy atom. The molecule has 0 aromatic rings. The number of likely N-dealkylation sites (tertiary alicyclic amines) is 2. The number of aliphatic hydroxyl groups is 1.